The molecule has 1 amide bonds. The Hall–Kier alpha value is -7.51. The number of ether oxygens (including phenoxy) is 1. The largest absolute Gasteiger partial charge is 0.508 e. The Balaban J connectivity index is 0.704. The molecule has 6 aromatic rings. The SMILES string of the molecule is C#Cc1c(F)ccc2cc(O)cc(-c3ncc4c(N5CC6CCC(C5)N6)nc(OCC5(CN6CCN(CC7CN(Cc8ccc(N(C(=N)C(=O)NCC(F)(F)F)C(=N)c9cc(C(C)C)ccc9O)cc8)C7)CC6)CC5)nc4c3F)c12. The van der Waals surface area contributed by atoms with E-state index >= 15 is 8.78 Å². The van der Waals surface area contributed by atoms with E-state index in [4.69, 9.17) is 31.9 Å². The lowest BCUT2D eigenvalue weighted by molar-refractivity contribution is -0.134. The summed E-state index contributed by atoms with van der Waals surface area (Å²) in [7, 11) is 0. The highest BCUT2D eigenvalue weighted by molar-refractivity contribution is 6.48. The normalized spacial score (nSPS) is 19.5. The molecule has 1 aliphatic carbocycles. The van der Waals surface area contributed by atoms with Crippen molar-refractivity contribution in [2.24, 2.45) is 11.3 Å². The number of anilines is 2. The van der Waals surface area contributed by atoms with E-state index in [9.17, 15) is 28.2 Å². The quantitative estimate of drug-likeness (QED) is 0.0251. The molecule has 0 spiro atoms. The average molecular weight is 1100 g/mol. The maximum atomic E-state index is 17.2. The standard InChI is InChI=1S/C59H63F5N12O4/c1-4-43-47(60)13-7-38-21-42(77)23-45(49(38)43)51-50(61)52-46(24-67-51)55(75-29-39-9-10-40(30-75)69-39)71-57(70-52)80-33-58(15-16-58)32-73-19-17-72(18-20-73)26-36-27-74(28-36)25-35-5-11-41(12-6-35)76(54(66)56(79)68-31-59(62,63)64)53(65)44-22-37(34(2)3)8-14-48(44)78/h1,5-8,11-14,21-24,34,36,39-40,65-66,69,77-78H,9-10,15-20,25-33H2,2-3H3,(H,68,79). The van der Waals surface area contributed by atoms with Gasteiger partial charge in [-0.2, -0.15) is 23.1 Å². The molecule has 0 radical (unpaired) electrons. The second kappa shape index (κ2) is 21.9. The third kappa shape index (κ3) is 11.4. The fraction of sp³-hybridized carbons (Fsp3) is 0.424. The van der Waals surface area contributed by atoms with Gasteiger partial charge in [0.2, 0.25) is 0 Å². The van der Waals surface area contributed by atoms with Gasteiger partial charge < -0.3 is 40.3 Å². The van der Waals surface area contributed by atoms with Crippen LogP contribution >= 0.6 is 0 Å². The van der Waals surface area contributed by atoms with Crippen LogP contribution in [0.2, 0.25) is 0 Å². The number of carbonyl (C=O) groups is 1. The summed E-state index contributed by atoms with van der Waals surface area (Å²) in [6, 6.07) is 17.6. The average Bonchev–Trinajstić information content (AvgIpc) is 4.17. The van der Waals surface area contributed by atoms with Gasteiger partial charge in [-0.3, -0.25) is 30.4 Å². The van der Waals surface area contributed by atoms with Crippen molar-refractivity contribution in [3.8, 4) is 41.1 Å². The van der Waals surface area contributed by atoms with Crippen LogP contribution in [-0.2, 0) is 11.3 Å². The summed E-state index contributed by atoms with van der Waals surface area (Å²) in [4.78, 5) is 37.5. The molecule has 5 fully saturated rings. The molecule has 418 valence electrons. The van der Waals surface area contributed by atoms with Crippen molar-refractivity contribution >= 4 is 50.8 Å². The zero-order chi connectivity index (χ0) is 56.2. The van der Waals surface area contributed by atoms with Crippen LogP contribution in [0.15, 0.2) is 72.9 Å². The van der Waals surface area contributed by atoms with Gasteiger partial charge in [0.25, 0.3) is 5.91 Å². The predicted octanol–water partition coefficient (Wildman–Crippen LogP) is 7.98. The number of carbonyl (C=O) groups excluding carboxylic acids is 1. The number of amides is 1. The Bertz CT molecular complexity index is 3420. The molecular formula is C59H63F5N12O4. The lowest BCUT2D eigenvalue weighted by atomic mass is 9.96. The van der Waals surface area contributed by atoms with Crippen LogP contribution in [0, 0.1) is 46.1 Å². The van der Waals surface area contributed by atoms with E-state index in [0.717, 1.165) is 94.1 Å². The minimum atomic E-state index is -4.70. The smallest absolute Gasteiger partial charge is 0.405 e. The molecule has 16 nitrogen and oxygen atoms in total. The molecule has 4 aliphatic heterocycles. The number of aromatic nitrogens is 3. The molecule has 2 unspecified atom stereocenters. The highest BCUT2D eigenvalue weighted by Crippen LogP contribution is 2.47. The van der Waals surface area contributed by atoms with E-state index in [2.05, 4.69) is 35.8 Å². The molecule has 5 aliphatic rings. The topological polar surface area (TPSA) is 193 Å². The Labute approximate surface area is 460 Å². The van der Waals surface area contributed by atoms with Crippen molar-refractivity contribution in [3.63, 3.8) is 0 Å². The summed E-state index contributed by atoms with van der Waals surface area (Å²) < 4.78 is 77.8. The number of piperazine rings is 2. The number of pyridine rings is 1. The number of nitrogens with zero attached hydrogens (tertiary/aromatic N) is 8. The number of alkyl halides is 3. The van der Waals surface area contributed by atoms with Gasteiger partial charge in [0.05, 0.1) is 23.1 Å². The van der Waals surface area contributed by atoms with Crippen LogP contribution in [0.1, 0.15) is 67.7 Å². The number of amidine groups is 2. The number of hydrogen-bond acceptors (Lipinski definition) is 14. The lowest BCUT2D eigenvalue weighted by Crippen LogP contribution is -2.55. The van der Waals surface area contributed by atoms with E-state index in [-0.39, 0.29) is 79.9 Å². The first-order chi connectivity index (χ1) is 38.3. The van der Waals surface area contributed by atoms with Crippen molar-refractivity contribution in [3.05, 3.63) is 107 Å². The number of benzene rings is 4. The van der Waals surface area contributed by atoms with Crippen molar-refractivity contribution in [2.75, 3.05) is 88.4 Å². The summed E-state index contributed by atoms with van der Waals surface area (Å²) in [6.07, 6.45) is 6.61. The van der Waals surface area contributed by atoms with E-state index in [1.54, 1.807) is 35.8 Å². The van der Waals surface area contributed by atoms with Crippen molar-refractivity contribution in [1.82, 2.24) is 40.3 Å². The first kappa shape index (κ1) is 54.4. The number of likely N-dealkylation sites (tertiary alicyclic amines) is 1. The van der Waals surface area contributed by atoms with E-state index in [0.29, 0.717) is 48.7 Å². The molecule has 4 saturated heterocycles. The second-order valence-electron chi connectivity index (χ2n) is 22.6. The number of halogens is 5. The van der Waals surface area contributed by atoms with Gasteiger partial charge in [-0.25, -0.2) is 8.78 Å². The number of hydrogen-bond donors (Lipinski definition) is 6. The molecular weight excluding hydrogens is 1040 g/mol. The number of fused-ring (bicyclic) bond motifs is 4. The first-order valence-electron chi connectivity index (χ1n) is 27.1. The van der Waals surface area contributed by atoms with Crippen LogP contribution in [0.4, 0.5) is 33.5 Å². The molecule has 4 aromatic carbocycles. The number of terminal acetylenes is 1. The highest BCUT2D eigenvalue weighted by Gasteiger charge is 2.46. The zero-order valence-electron chi connectivity index (χ0n) is 44.5. The Kier molecular flexibility index (Phi) is 14.9. The predicted molar refractivity (Wildman–Crippen MR) is 295 cm³/mol. The molecule has 2 bridgehead atoms. The fourth-order valence-corrected chi connectivity index (χ4v) is 11.8. The maximum absolute atomic E-state index is 17.2. The van der Waals surface area contributed by atoms with Gasteiger partial charge >= 0.3 is 12.2 Å². The molecule has 80 heavy (non-hydrogen) atoms. The lowest BCUT2D eigenvalue weighted by Gasteiger charge is -2.44. The maximum Gasteiger partial charge on any atom is 0.405 e. The minimum absolute atomic E-state index is 0.00897. The molecule has 2 atom stereocenters. The van der Waals surface area contributed by atoms with Crippen LogP contribution in [-0.4, -0.2) is 154 Å². The van der Waals surface area contributed by atoms with E-state index < -0.39 is 41.9 Å². The van der Waals surface area contributed by atoms with Gasteiger partial charge in [0.15, 0.2) is 11.7 Å². The molecule has 1 saturated carbocycles. The van der Waals surface area contributed by atoms with Crippen LogP contribution in [0.25, 0.3) is 32.9 Å². The van der Waals surface area contributed by atoms with Gasteiger partial charge in [-0.1, -0.05) is 44.0 Å². The zero-order valence-corrected chi connectivity index (χ0v) is 44.5. The second-order valence-corrected chi connectivity index (χ2v) is 22.6. The third-order valence-corrected chi connectivity index (χ3v) is 16.3. The Morgan fingerprint density at radius 1 is 0.938 bits per heavy atom. The monoisotopic (exact) mass is 1100 g/mol. The van der Waals surface area contributed by atoms with E-state index in [1.807, 2.05) is 26.0 Å². The summed E-state index contributed by atoms with van der Waals surface area (Å²) in [5.41, 5.74) is 1.82. The Morgan fingerprint density at radius 2 is 1.65 bits per heavy atom. The summed E-state index contributed by atoms with van der Waals surface area (Å²) in [5, 5.41) is 45.6. The van der Waals surface area contributed by atoms with Gasteiger partial charge in [-0.15, -0.1) is 6.42 Å². The fourth-order valence-electron chi connectivity index (χ4n) is 11.8. The van der Waals surface area contributed by atoms with Crippen molar-refractivity contribution in [2.45, 2.75) is 70.3 Å². The molecule has 2 aromatic heterocycles. The number of rotatable bonds is 15. The minimum Gasteiger partial charge on any atom is -0.508 e. The number of aromatic hydroxyl groups is 2. The summed E-state index contributed by atoms with van der Waals surface area (Å²) >= 11 is 0. The third-order valence-electron chi connectivity index (χ3n) is 16.3. The van der Waals surface area contributed by atoms with Crippen molar-refractivity contribution in [1.29, 1.82) is 10.8 Å². The van der Waals surface area contributed by atoms with Crippen LogP contribution < -0.4 is 25.2 Å². The van der Waals surface area contributed by atoms with Gasteiger partial charge in [-0.05, 0) is 96.5 Å². The highest BCUT2D eigenvalue weighted by atomic mass is 19.4. The summed E-state index contributed by atoms with van der Waals surface area (Å²) in [5.74, 6) is -1.04. The van der Waals surface area contributed by atoms with Gasteiger partial charge in [0.1, 0.15) is 46.7 Å². The van der Waals surface area contributed by atoms with Crippen LogP contribution in [0.3, 0.4) is 0 Å². The first-order valence-corrected chi connectivity index (χ1v) is 27.1. The molecule has 6 heterocycles. The van der Waals surface area contributed by atoms with Crippen molar-refractivity contribution < 1.29 is 41.7 Å². The van der Waals surface area contributed by atoms with E-state index in [1.165, 1.54) is 30.3 Å². The molecule has 21 heteroatoms. The van der Waals surface area contributed by atoms with Crippen LogP contribution in [0.5, 0.6) is 17.5 Å². The Morgan fingerprint density at radius 3 is 2.33 bits per heavy atom. The number of phenols is 2. The van der Waals surface area contributed by atoms with Gasteiger partial charge in [0, 0.05) is 112 Å². The number of phenolic OH excluding ortho intramolecular Hbond substituents is 2. The summed E-state index contributed by atoms with van der Waals surface area (Å²) in [6.45, 7) is 11.8. The molecule has 6 N–H and O–H groups in total. The number of nitrogens with one attached hydrogen (secondary N) is 4. The molecule has 11 rings (SSSR count).